The van der Waals surface area contributed by atoms with Crippen LogP contribution in [-0.4, -0.2) is 15.4 Å². The Bertz CT molecular complexity index is 694. The molecule has 0 aromatic heterocycles. The van der Waals surface area contributed by atoms with E-state index in [1.807, 2.05) is 85.0 Å². The van der Waals surface area contributed by atoms with E-state index >= 15 is 0 Å². The van der Waals surface area contributed by atoms with Crippen molar-refractivity contribution in [3.63, 3.8) is 0 Å². The van der Waals surface area contributed by atoms with Crippen molar-refractivity contribution in [2.45, 2.75) is 35.7 Å². The first-order chi connectivity index (χ1) is 10.4. The zero-order chi connectivity index (χ0) is 16.3. The zero-order valence-electron chi connectivity index (χ0n) is 12.6. The second kappa shape index (κ2) is 7.53. The van der Waals surface area contributed by atoms with Crippen molar-refractivity contribution in [2.24, 2.45) is 0 Å². The maximum absolute atomic E-state index is 12.9. The normalized spacial score (nSPS) is 15.1. The summed E-state index contributed by atoms with van der Waals surface area (Å²) in [4.78, 5) is 1.52. The molecular formula is C18H19IO2S. The Morgan fingerprint density at radius 2 is 1.77 bits per heavy atom. The molecule has 1 unspecified atom stereocenters. The lowest BCUT2D eigenvalue weighted by Crippen LogP contribution is -2.17. The Kier molecular flexibility index (Phi) is 5.94. The molecule has 0 saturated carbocycles. The highest BCUT2D eigenvalue weighted by atomic mass is 127. The van der Waals surface area contributed by atoms with Gasteiger partial charge in [-0.3, -0.25) is 0 Å². The highest BCUT2D eigenvalue weighted by molar-refractivity contribution is 14.1. The maximum Gasteiger partial charge on any atom is 0.0906 e. The fourth-order valence-corrected chi connectivity index (χ4v) is 4.10. The first-order valence-electron chi connectivity index (χ1n) is 7.01. The molecule has 116 valence electrons. The first kappa shape index (κ1) is 17.4. The lowest BCUT2D eigenvalue weighted by Gasteiger charge is -2.21. The minimum absolute atomic E-state index is 0.157. The summed E-state index contributed by atoms with van der Waals surface area (Å²) in [5, 5.41) is 10.3. The molecule has 2 aromatic carbocycles. The Labute approximate surface area is 147 Å². The predicted octanol–water partition coefficient (Wildman–Crippen LogP) is 4.57. The van der Waals surface area contributed by atoms with E-state index in [0.29, 0.717) is 3.58 Å². The van der Waals surface area contributed by atoms with Gasteiger partial charge in [-0.25, -0.2) is 4.21 Å². The zero-order valence-corrected chi connectivity index (χ0v) is 15.6. The van der Waals surface area contributed by atoms with Crippen LogP contribution in [0.5, 0.6) is 0 Å². The highest BCUT2D eigenvalue weighted by Gasteiger charge is 2.22. The molecule has 4 heteroatoms. The molecule has 22 heavy (non-hydrogen) atoms. The number of hydrogen-bond donors (Lipinski definition) is 1. The second-order valence-electron chi connectivity index (χ2n) is 5.30. The standard InChI is InChI=1S/C18H19IO2S/c1-12-8-10-15(11-9-12)22(21)17-7-5-4-6-16(17)13(2)18(20)14(3)19/h4-11,13,18,20H,3H2,1-2H3/t13-,18+,22?/m0/s1. The lowest BCUT2D eigenvalue weighted by molar-refractivity contribution is 0.194. The SMILES string of the molecule is C=C(I)[C@H](O)[C@@H](C)c1ccccc1S(=O)c1ccc(C)cc1. The predicted molar refractivity (Wildman–Crippen MR) is 99.9 cm³/mol. The van der Waals surface area contributed by atoms with Gasteiger partial charge in [0, 0.05) is 19.3 Å². The number of aliphatic hydroxyl groups is 1. The van der Waals surface area contributed by atoms with E-state index in [2.05, 4.69) is 6.58 Å². The Balaban J connectivity index is 2.42. The van der Waals surface area contributed by atoms with Crippen molar-refractivity contribution < 1.29 is 9.32 Å². The third-order valence-electron chi connectivity index (χ3n) is 3.64. The number of hydrogen-bond acceptors (Lipinski definition) is 2. The number of halogens is 1. The van der Waals surface area contributed by atoms with Crippen LogP contribution in [0.3, 0.4) is 0 Å². The van der Waals surface area contributed by atoms with Crippen molar-refractivity contribution in [2.75, 3.05) is 0 Å². The largest absolute Gasteiger partial charge is 0.387 e. The molecule has 2 aromatic rings. The fraction of sp³-hybridized carbons (Fsp3) is 0.222. The molecule has 0 bridgehead atoms. The van der Waals surface area contributed by atoms with Gasteiger partial charge in [0.2, 0.25) is 0 Å². The maximum atomic E-state index is 12.9. The molecule has 2 rings (SSSR count). The number of aliphatic hydroxyl groups excluding tert-OH is 1. The van der Waals surface area contributed by atoms with Gasteiger partial charge in [-0.1, -0.05) is 49.4 Å². The average molecular weight is 426 g/mol. The summed E-state index contributed by atoms with van der Waals surface area (Å²) in [6.07, 6.45) is -0.656. The van der Waals surface area contributed by atoms with E-state index in [4.69, 9.17) is 0 Å². The van der Waals surface area contributed by atoms with Gasteiger partial charge in [0.05, 0.1) is 16.9 Å². The van der Waals surface area contributed by atoms with E-state index in [0.717, 1.165) is 20.9 Å². The van der Waals surface area contributed by atoms with Crippen molar-refractivity contribution in [1.82, 2.24) is 0 Å². The van der Waals surface area contributed by atoms with Crippen LogP contribution in [0.1, 0.15) is 24.0 Å². The van der Waals surface area contributed by atoms with Crippen LogP contribution in [0.4, 0.5) is 0 Å². The summed E-state index contributed by atoms with van der Waals surface area (Å²) in [6, 6.07) is 15.3. The van der Waals surface area contributed by atoms with Crippen LogP contribution in [-0.2, 0) is 10.8 Å². The second-order valence-corrected chi connectivity index (χ2v) is 8.13. The number of benzene rings is 2. The van der Waals surface area contributed by atoms with Crippen molar-refractivity contribution in [3.8, 4) is 0 Å². The van der Waals surface area contributed by atoms with Crippen molar-refractivity contribution in [3.05, 3.63) is 69.8 Å². The lowest BCUT2D eigenvalue weighted by atomic mass is 9.95. The summed E-state index contributed by atoms with van der Waals surface area (Å²) < 4.78 is 13.6. The molecule has 0 spiro atoms. The molecule has 0 saturated heterocycles. The van der Waals surface area contributed by atoms with Gasteiger partial charge in [-0.15, -0.1) is 0 Å². The fourth-order valence-electron chi connectivity index (χ4n) is 2.26. The molecule has 0 aliphatic carbocycles. The van der Waals surface area contributed by atoms with Crippen molar-refractivity contribution >= 4 is 33.4 Å². The van der Waals surface area contributed by atoms with Crippen LogP contribution < -0.4 is 0 Å². The quantitative estimate of drug-likeness (QED) is 0.712. The van der Waals surface area contributed by atoms with Crippen LogP contribution in [0.25, 0.3) is 0 Å². The number of rotatable bonds is 5. The highest BCUT2D eigenvalue weighted by Crippen LogP contribution is 2.31. The average Bonchev–Trinajstić information content (AvgIpc) is 2.53. The van der Waals surface area contributed by atoms with Crippen LogP contribution in [0, 0.1) is 6.92 Å². The van der Waals surface area contributed by atoms with Crippen LogP contribution in [0.15, 0.2) is 68.5 Å². The van der Waals surface area contributed by atoms with E-state index in [1.165, 1.54) is 0 Å². The molecule has 3 atom stereocenters. The minimum Gasteiger partial charge on any atom is -0.387 e. The van der Waals surface area contributed by atoms with Crippen molar-refractivity contribution in [1.29, 1.82) is 0 Å². The molecule has 0 fully saturated rings. The van der Waals surface area contributed by atoms with Gasteiger partial charge < -0.3 is 5.11 Å². The molecule has 0 amide bonds. The van der Waals surface area contributed by atoms with E-state index in [-0.39, 0.29) is 5.92 Å². The summed E-state index contributed by atoms with van der Waals surface area (Å²) in [5.41, 5.74) is 2.03. The van der Waals surface area contributed by atoms with E-state index in [9.17, 15) is 9.32 Å². The number of aryl methyl sites for hydroxylation is 1. The monoisotopic (exact) mass is 426 g/mol. The Morgan fingerprint density at radius 1 is 1.18 bits per heavy atom. The molecule has 0 aliphatic rings. The van der Waals surface area contributed by atoms with Gasteiger partial charge in [-0.05, 0) is 53.3 Å². The third kappa shape index (κ3) is 3.86. The van der Waals surface area contributed by atoms with Gasteiger partial charge in [0.15, 0.2) is 0 Å². The van der Waals surface area contributed by atoms with Gasteiger partial charge in [-0.2, -0.15) is 0 Å². The molecule has 2 nitrogen and oxygen atoms in total. The van der Waals surface area contributed by atoms with E-state index < -0.39 is 16.9 Å². The Hall–Kier alpha value is -0.980. The van der Waals surface area contributed by atoms with Gasteiger partial charge in [0.25, 0.3) is 0 Å². The molecule has 0 aliphatic heterocycles. The molecule has 1 N–H and O–H groups in total. The smallest absolute Gasteiger partial charge is 0.0906 e. The van der Waals surface area contributed by atoms with Crippen LogP contribution >= 0.6 is 22.6 Å². The summed E-state index contributed by atoms with van der Waals surface area (Å²) in [5.74, 6) is -0.157. The van der Waals surface area contributed by atoms with Crippen LogP contribution in [0.2, 0.25) is 0 Å². The summed E-state index contributed by atoms with van der Waals surface area (Å²) >= 11 is 2.03. The summed E-state index contributed by atoms with van der Waals surface area (Å²) in [7, 11) is -1.26. The van der Waals surface area contributed by atoms with Gasteiger partial charge >= 0.3 is 0 Å². The van der Waals surface area contributed by atoms with E-state index in [1.54, 1.807) is 0 Å². The molecule has 0 heterocycles. The topological polar surface area (TPSA) is 37.3 Å². The molecular weight excluding hydrogens is 407 g/mol. The molecule has 0 radical (unpaired) electrons. The Morgan fingerprint density at radius 3 is 2.36 bits per heavy atom. The third-order valence-corrected chi connectivity index (χ3v) is 5.75. The first-order valence-corrected chi connectivity index (χ1v) is 9.24. The summed E-state index contributed by atoms with van der Waals surface area (Å²) in [6.45, 7) is 7.74. The van der Waals surface area contributed by atoms with Gasteiger partial charge in [0.1, 0.15) is 0 Å². The minimum atomic E-state index is -1.26.